The Balaban J connectivity index is 1.59. The van der Waals surface area contributed by atoms with E-state index in [-0.39, 0.29) is 5.91 Å². The van der Waals surface area contributed by atoms with Gasteiger partial charge < -0.3 is 9.32 Å². The van der Waals surface area contributed by atoms with Crippen molar-refractivity contribution in [3.05, 3.63) is 89.2 Å². The van der Waals surface area contributed by atoms with E-state index in [4.69, 9.17) is 9.40 Å². The van der Waals surface area contributed by atoms with E-state index in [0.717, 1.165) is 29.6 Å². The van der Waals surface area contributed by atoms with Crippen molar-refractivity contribution in [1.29, 1.82) is 0 Å². The molecular formula is C24H20N2O2. The van der Waals surface area contributed by atoms with Crippen LogP contribution in [-0.4, -0.2) is 22.3 Å². The van der Waals surface area contributed by atoms with Crippen LogP contribution in [0.3, 0.4) is 0 Å². The first-order chi connectivity index (χ1) is 13.7. The second kappa shape index (κ2) is 6.64. The fourth-order valence-corrected chi connectivity index (χ4v) is 3.89. The summed E-state index contributed by atoms with van der Waals surface area (Å²) in [7, 11) is 0. The summed E-state index contributed by atoms with van der Waals surface area (Å²) in [6, 6.07) is 21.8. The molecule has 3 heterocycles. The molecule has 1 amide bonds. The summed E-state index contributed by atoms with van der Waals surface area (Å²) in [6.45, 7) is 3.27. The van der Waals surface area contributed by atoms with E-state index in [9.17, 15) is 4.79 Å². The lowest BCUT2D eigenvalue weighted by Crippen LogP contribution is -2.36. The highest BCUT2D eigenvalue weighted by Crippen LogP contribution is 2.28. The number of rotatable bonds is 2. The topological polar surface area (TPSA) is 46.3 Å². The SMILES string of the molecule is Cc1ccc(-c2cc(C(=O)N3CCc4ccccc4C3)c3ccccc3n2)o1. The molecule has 0 fully saturated rings. The molecule has 0 saturated heterocycles. The van der Waals surface area contributed by atoms with Crippen LogP contribution in [0.4, 0.5) is 0 Å². The number of aromatic nitrogens is 1. The third-order valence-electron chi connectivity index (χ3n) is 5.36. The number of hydrogen-bond donors (Lipinski definition) is 0. The highest BCUT2D eigenvalue weighted by molar-refractivity contribution is 6.07. The third-order valence-corrected chi connectivity index (χ3v) is 5.36. The molecule has 138 valence electrons. The van der Waals surface area contributed by atoms with Gasteiger partial charge in [0, 0.05) is 18.5 Å². The number of carbonyl (C=O) groups excluding carboxylic acids is 1. The Bertz CT molecular complexity index is 1190. The Hall–Kier alpha value is -3.40. The minimum atomic E-state index is 0.0395. The van der Waals surface area contributed by atoms with Gasteiger partial charge in [0.05, 0.1) is 11.1 Å². The molecule has 0 bridgehead atoms. The van der Waals surface area contributed by atoms with Crippen LogP contribution in [0.2, 0.25) is 0 Å². The molecule has 2 aromatic heterocycles. The number of benzene rings is 2. The summed E-state index contributed by atoms with van der Waals surface area (Å²) in [4.78, 5) is 20.1. The van der Waals surface area contributed by atoms with Gasteiger partial charge in [-0.25, -0.2) is 4.98 Å². The highest BCUT2D eigenvalue weighted by Gasteiger charge is 2.24. The minimum absolute atomic E-state index is 0.0395. The van der Waals surface area contributed by atoms with Crippen molar-refractivity contribution in [2.75, 3.05) is 6.54 Å². The van der Waals surface area contributed by atoms with E-state index < -0.39 is 0 Å². The lowest BCUT2D eigenvalue weighted by molar-refractivity contribution is 0.0736. The zero-order valence-corrected chi connectivity index (χ0v) is 15.7. The quantitative estimate of drug-likeness (QED) is 0.500. The molecule has 4 nitrogen and oxygen atoms in total. The van der Waals surface area contributed by atoms with Gasteiger partial charge in [-0.15, -0.1) is 0 Å². The fraction of sp³-hybridized carbons (Fsp3) is 0.167. The van der Waals surface area contributed by atoms with Gasteiger partial charge in [0.1, 0.15) is 11.5 Å². The fourth-order valence-electron chi connectivity index (χ4n) is 3.89. The molecule has 0 unspecified atom stereocenters. The van der Waals surface area contributed by atoms with Gasteiger partial charge in [-0.2, -0.15) is 0 Å². The molecule has 1 aliphatic rings. The summed E-state index contributed by atoms with van der Waals surface area (Å²) < 4.78 is 5.76. The molecule has 0 radical (unpaired) electrons. The van der Waals surface area contributed by atoms with Gasteiger partial charge >= 0.3 is 0 Å². The van der Waals surface area contributed by atoms with Crippen LogP contribution >= 0.6 is 0 Å². The molecule has 28 heavy (non-hydrogen) atoms. The number of hydrogen-bond acceptors (Lipinski definition) is 3. The number of fused-ring (bicyclic) bond motifs is 2. The predicted octanol–water partition coefficient (Wildman–Crippen LogP) is 5.00. The van der Waals surface area contributed by atoms with Gasteiger partial charge in [0.25, 0.3) is 5.91 Å². The van der Waals surface area contributed by atoms with E-state index in [2.05, 4.69) is 18.2 Å². The van der Waals surface area contributed by atoms with Gasteiger partial charge in [-0.1, -0.05) is 42.5 Å². The standard InChI is InChI=1S/C24H20N2O2/c1-16-10-11-23(28-16)22-14-20(19-8-4-5-9-21(19)25-22)24(27)26-13-12-17-6-2-3-7-18(17)15-26/h2-11,14H,12-13,15H2,1H3. The van der Waals surface area contributed by atoms with Crippen molar-refractivity contribution in [1.82, 2.24) is 9.88 Å². The number of pyridine rings is 1. The summed E-state index contributed by atoms with van der Waals surface area (Å²) in [5.74, 6) is 1.55. The van der Waals surface area contributed by atoms with Crippen LogP contribution in [0.15, 0.2) is 71.1 Å². The summed E-state index contributed by atoms with van der Waals surface area (Å²) in [5, 5.41) is 0.874. The Kier molecular flexibility index (Phi) is 3.97. The minimum Gasteiger partial charge on any atom is -0.460 e. The van der Waals surface area contributed by atoms with E-state index in [1.54, 1.807) is 0 Å². The van der Waals surface area contributed by atoms with E-state index in [1.165, 1.54) is 11.1 Å². The third kappa shape index (κ3) is 2.87. The maximum absolute atomic E-state index is 13.5. The van der Waals surface area contributed by atoms with Crippen LogP contribution in [0, 0.1) is 6.92 Å². The maximum atomic E-state index is 13.5. The molecule has 0 atom stereocenters. The van der Waals surface area contributed by atoms with Crippen molar-refractivity contribution in [3.63, 3.8) is 0 Å². The summed E-state index contributed by atoms with van der Waals surface area (Å²) in [5.41, 5.74) is 4.72. The largest absolute Gasteiger partial charge is 0.460 e. The van der Waals surface area contributed by atoms with Gasteiger partial charge in [0.2, 0.25) is 0 Å². The van der Waals surface area contributed by atoms with Crippen LogP contribution in [0.25, 0.3) is 22.4 Å². The molecule has 0 spiro atoms. The number of amides is 1. The number of carbonyl (C=O) groups is 1. The van der Waals surface area contributed by atoms with Crippen molar-refractivity contribution in [2.24, 2.45) is 0 Å². The van der Waals surface area contributed by atoms with Crippen LogP contribution in [0.5, 0.6) is 0 Å². The van der Waals surface area contributed by atoms with Crippen LogP contribution in [0.1, 0.15) is 27.2 Å². The van der Waals surface area contributed by atoms with Crippen LogP contribution < -0.4 is 0 Å². The van der Waals surface area contributed by atoms with Crippen LogP contribution in [-0.2, 0) is 13.0 Å². The molecule has 4 heteroatoms. The summed E-state index contributed by atoms with van der Waals surface area (Å²) >= 11 is 0. The van der Waals surface area contributed by atoms with Crippen molar-refractivity contribution < 1.29 is 9.21 Å². The monoisotopic (exact) mass is 368 g/mol. The van der Waals surface area contributed by atoms with E-state index >= 15 is 0 Å². The lowest BCUT2D eigenvalue weighted by Gasteiger charge is -2.29. The summed E-state index contributed by atoms with van der Waals surface area (Å²) in [6.07, 6.45) is 0.884. The lowest BCUT2D eigenvalue weighted by atomic mass is 9.98. The maximum Gasteiger partial charge on any atom is 0.254 e. The second-order valence-electron chi connectivity index (χ2n) is 7.23. The van der Waals surface area contributed by atoms with E-state index in [1.807, 2.05) is 60.4 Å². The Morgan fingerprint density at radius 2 is 1.79 bits per heavy atom. The predicted molar refractivity (Wildman–Crippen MR) is 109 cm³/mol. The Morgan fingerprint density at radius 1 is 1.00 bits per heavy atom. The van der Waals surface area contributed by atoms with Gasteiger partial charge in [-0.05, 0) is 48.7 Å². The Morgan fingerprint density at radius 3 is 2.61 bits per heavy atom. The molecule has 0 saturated carbocycles. The smallest absolute Gasteiger partial charge is 0.254 e. The van der Waals surface area contributed by atoms with Crippen molar-refractivity contribution in [3.8, 4) is 11.5 Å². The average Bonchev–Trinajstić information content (AvgIpc) is 3.18. The molecule has 5 rings (SSSR count). The first-order valence-corrected chi connectivity index (χ1v) is 9.52. The zero-order chi connectivity index (χ0) is 19.1. The molecule has 4 aromatic rings. The Labute approximate surface area is 163 Å². The highest BCUT2D eigenvalue weighted by atomic mass is 16.3. The number of para-hydroxylation sites is 1. The molecular weight excluding hydrogens is 348 g/mol. The van der Waals surface area contributed by atoms with Gasteiger partial charge in [0.15, 0.2) is 5.76 Å². The molecule has 0 N–H and O–H groups in total. The van der Waals surface area contributed by atoms with Gasteiger partial charge in [-0.3, -0.25) is 4.79 Å². The van der Waals surface area contributed by atoms with Crippen molar-refractivity contribution in [2.45, 2.75) is 19.9 Å². The first kappa shape index (κ1) is 16.8. The second-order valence-corrected chi connectivity index (χ2v) is 7.23. The number of aryl methyl sites for hydroxylation is 1. The molecule has 1 aliphatic heterocycles. The van der Waals surface area contributed by atoms with Crippen molar-refractivity contribution >= 4 is 16.8 Å². The molecule has 2 aromatic carbocycles. The number of furan rings is 1. The zero-order valence-electron chi connectivity index (χ0n) is 15.7. The average molecular weight is 368 g/mol. The van der Waals surface area contributed by atoms with E-state index in [0.29, 0.717) is 23.6 Å². The normalized spacial score (nSPS) is 13.5. The number of nitrogens with zero attached hydrogens (tertiary/aromatic N) is 2. The first-order valence-electron chi connectivity index (χ1n) is 9.52. The molecule has 0 aliphatic carbocycles.